The zero-order valence-electron chi connectivity index (χ0n) is 11.0. The van der Waals surface area contributed by atoms with Gasteiger partial charge in [0.1, 0.15) is 0 Å². The second-order valence-electron chi connectivity index (χ2n) is 4.69. The van der Waals surface area contributed by atoms with Crippen molar-refractivity contribution in [1.29, 1.82) is 0 Å². The molecular weight excluding hydrogens is 245 g/mol. The molecule has 1 aromatic rings. The molecule has 0 aromatic carbocycles. The third-order valence-electron chi connectivity index (χ3n) is 3.00. The third-order valence-corrected chi connectivity index (χ3v) is 3.00. The number of carboxylic acid groups (broad SMARTS) is 1. The van der Waals surface area contributed by atoms with Crippen LogP contribution in [0.15, 0.2) is 4.42 Å². The Balaban J connectivity index is 0.00000162. The molecular formula is C11H16N3NaO3. The molecule has 2 rings (SSSR count). The predicted molar refractivity (Wildman–Crippen MR) is 56.9 cm³/mol. The number of aromatic nitrogens is 2. The molecule has 0 unspecified atom stereocenters. The molecule has 1 aliphatic rings. The molecule has 0 spiro atoms. The molecule has 94 valence electrons. The Bertz CT molecular complexity index is 400. The van der Waals surface area contributed by atoms with Crippen LogP contribution in [-0.2, 0) is 4.79 Å². The molecule has 2 atom stereocenters. The molecule has 1 N–H and O–H groups in total. The van der Waals surface area contributed by atoms with Crippen molar-refractivity contribution < 1.29 is 43.9 Å². The molecule has 18 heavy (non-hydrogen) atoms. The molecule has 6 nitrogen and oxygen atoms in total. The summed E-state index contributed by atoms with van der Waals surface area (Å²) in [7, 11) is 0. The number of carbonyl (C=O) groups is 1. The quantitative estimate of drug-likeness (QED) is 0.583. The maximum Gasteiger partial charge on any atom is 1.00 e. The zero-order chi connectivity index (χ0) is 12.4. The van der Waals surface area contributed by atoms with Crippen molar-refractivity contribution in [2.45, 2.75) is 38.6 Å². The van der Waals surface area contributed by atoms with Gasteiger partial charge in [-0.3, -0.25) is 0 Å². The van der Waals surface area contributed by atoms with E-state index in [1.807, 2.05) is 13.8 Å². The first kappa shape index (κ1) is 15.6. The molecule has 1 fully saturated rings. The van der Waals surface area contributed by atoms with Crippen LogP contribution in [0, 0.1) is 5.92 Å². The summed E-state index contributed by atoms with van der Waals surface area (Å²) in [5, 5.41) is 21.7. The minimum Gasteiger partial charge on any atom is -0.550 e. The van der Waals surface area contributed by atoms with Gasteiger partial charge in [-0.1, -0.05) is 13.8 Å². The van der Waals surface area contributed by atoms with Gasteiger partial charge in [0.2, 0.25) is 11.8 Å². The van der Waals surface area contributed by atoms with Crippen LogP contribution in [0.1, 0.15) is 50.4 Å². The Hall–Kier alpha value is -0.430. The topological polar surface area (TPSA) is 91.1 Å². The summed E-state index contributed by atoms with van der Waals surface area (Å²) in [4.78, 5) is 10.7. The predicted octanol–water partition coefficient (Wildman–Crippen LogP) is -3.01. The molecule has 0 radical (unpaired) electrons. The van der Waals surface area contributed by atoms with Gasteiger partial charge in [0.05, 0.1) is 6.04 Å². The summed E-state index contributed by atoms with van der Waals surface area (Å²) in [6, 6.07) is -0.0365. The minimum absolute atomic E-state index is 0. The molecule has 0 bridgehead atoms. The maximum atomic E-state index is 10.7. The number of hydrogen-bond acceptors (Lipinski definition) is 6. The van der Waals surface area contributed by atoms with Crippen molar-refractivity contribution >= 4 is 5.97 Å². The molecule has 0 saturated carbocycles. The first-order valence-electron chi connectivity index (χ1n) is 5.85. The van der Waals surface area contributed by atoms with E-state index in [9.17, 15) is 9.90 Å². The Kier molecular flexibility index (Phi) is 5.78. The zero-order valence-corrected chi connectivity index (χ0v) is 13.0. The fourth-order valence-corrected chi connectivity index (χ4v) is 1.89. The number of carboxylic acids is 1. The minimum atomic E-state index is -0.996. The van der Waals surface area contributed by atoms with Gasteiger partial charge in [0.15, 0.2) is 0 Å². The summed E-state index contributed by atoms with van der Waals surface area (Å²) in [5.74, 6) is -0.0479. The Morgan fingerprint density at radius 1 is 1.44 bits per heavy atom. The van der Waals surface area contributed by atoms with E-state index in [4.69, 9.17) is 4.42 Å². The maximum absolute atomic E-state index is 10.7. The summed E-state index contributed by atoms with van der Waals surface area (Å²) >= 11 is 0. The van der Waals surface area contributed by atoms with Crippen LogP contribution in [0.2, 0.25) is 0 Å². The standard InChI is InChI=1S/C11H17N3O3.Na/c1-6(2)9-13-14-10(17-9)8-4-3-7(5-12-8)11(15)16;/h6-8,12H,3-5H2,1-2H3,(H,15,16);/q;+1/p-1/t7-,8+;/m0./s1. The summed E-state index contributed by atoms with van der Waals surface area (Å²) in [5.41, 5.74) is 0. The van der Waals surface area contributed by atoms with Gasteiger partial charge in [0.25, 0.3) is 0 Å². The number of aliphatic carboxylic acids is 1. The van der Waals surface area contributed by atoms with Crippen molar-refractivity contribution in [1.82, 2.24) is 15.5 Å². The van der Waals surface area contributed by atoms with Crippen LogP contribution < -0.4 is 40.0 Å². The van der Waals surface area contributed by atoms with Gasteiger partial charge in [0, 0.05) is 24.3 Å². The molecule has 7 heteroatoms. The van der Waals surface area contributed by atoms with Gasteiger partial charge >= 0.3 is 29.6 Å². The van der Waals surface area contributed by atoms with Gasteiger partial charge in [-0.25, -0.2) is 0 Å². The van der Waals surface area contributed by atoms with Crippen LogP contribution in [0.25, 0.3) is 0 Å². The average Bonchev–Trinajstić information content (AvgIpc) is 2.78. The number of carbonyl (C=O) groups excluding carboxylic acids is 1. The first-order valence-corrected chi connectivity index (χ1v) is 5.85. The molecule has 1 aliphatic heterocycles. The fraction of sp³-hybridized carbons (Fsp3) is 0.727. The number of nitrogens with zero attached hydrogens (tertiary/aromatic N) is 2. The van der Waals surface area contributed by atoms with E-state index >= 15 is 0 Å². The van der Waals surface area contributed by atoms with Gasteiger partial charge in [-0.05, 0) is 12.8 Å². The van der Waals surface area contributed by atoms with Crippen LogP contribution in [0.4, 0.5) is 0 Å². The smallest absolute Gasteiger partial charge is 0.550 e. The number of hydrogen-bond donors (Lipinski definition) is 1. The van der Waals surface area contributed by atoms with E-state index in [1.165, 1.54) is 0 Å². The molecule has 2 heterocycles. The van der Waals surface area contributed by atoms with Crippen LogP contribution >= 0.6 is 0 Å². The van der Waals surface area contributed by atoms with Gasteiger partial charge in [-0.2, -0.15) is 0 Å². The van der Waals surface area contributed by atoms with Crippen molar-refractivity contribution in [3.05, 3.63) is 11.8 Å². The van der Waals surface area contributed by atoms with Crippen molar-refractivity contribution in [3.8, 4) is 0 Å². The summed E-state index contributed by atoms with van der Waals surface area (Å²) in [6.45, 7) is 4.36. The van der Waals surface area contributed by atoms with E-state index in [2.05, 4.69) is 15.5 Å². The molecule has 0 aliphatic carbocycles. The molecule has 1 aromatic heterocycles. The van der Waals surface area contributed by atoms with E-state index in [-0.39, 0.29) is 41.5 Å². The van der Waals surface area contributed by atoms with E-state index in [0.29, 0.717) is 31.2 Å². The summed E-state index contributed by atoms with van der Waals surface area (Å²) in [6.07, 6.45) is 1.26. The van der Waals surface area contributed by atoms with Crippen LogP contribution in [-0.4, -0.2) is 22.7 Å². The normalized spacial score (nSPS) is 23.7. The van der Waals surface area contributed by atoms with Gasteiger partial charge in [-0.15, -0.1) is 10.2 Å². The van der Waals surface area contributed by atoms with E-state index in [1.54, 1.807) is 0 Å². The van der Waals surface area contributed by atoms with Crippen LogP contribution in [0.5, 0.6) is 0 Å². The first-order chi connectivity index (χ1) is 8.08. The Morgan fingerprint density at radius 2 is 2.17 bits per heavy atom. The number of nitrogens with one attached hydrogen (secondary N) is 1. The Labute approximate surface area is 128 Å². The van der Waals surface area contributed by atoms with Crippen molar-refractivity contribution in [3.63, 3.8) is 0 Å². The van der Waals surface area contributed by atoms with Gasteiger partial charge < -0.3 is 19.6 Å². The second-order valence-corrected chi connectivity index (χ2v) is 4.69. The number of piperidine rings is 1. The largest absolute Gasteiger partial charge is 1.00 e. The van der Waals surface area contributed by atoms with Crippen molar-refractivity contribution in [2.24, 2.45) is 5.92 Å². The number of rotatable bonds is 3. The third kappa shape index (κ3) is 3.54. The second kappa shape index (κ2) is 6.65. The molecule has 1 saturated heterocycles. The monoisotopic (exact) mass is 261 g/mol. The fourth-order valence-electron chi connectivity index (χ4n) is 1.89. The van der Waals surface area contributed by atoms with Crippen molar-refractivity contribution in [2.75, 3.05) is 6.54 Å². The Morgan fingerprint density at radius 3 is 2.61 bits per heavy atom. The molecule has 0 amide bonds. The SMILES string of the molecule is CC(C)c1nnc([C@H]2CC[C@H](C(=O)[O-])CN2)o1.[Na+]. The average molecular weight is 261 g/mol. The van der Waals surface area contributed by atoms with Crippen LogP contribution in [0.3, 0.4) is 0 Å². The van der Waals surface area contributed by atoms with E-state index in [0.717, 1.165) is 0 Å². The van der Waals surface area contributed by atoms with E-state index < -0.39 is 11.9 Å². The summed E-state index contributed by atoms with van der Waals surface area (Å²) < 4.78 is 5.53.